The van der Waals surface area contributed by atoms with Crippen LogP contribution < -0.4 is 10.6 Å². The molecule has 0 aliphatic carbocycles. The van der Waals surface area contributed by atoms with Gasteiger partial charge in [-0.15, -0.1) is 0 Å². The second-order valence-electron chi connectivity index (χ2n) is 5.24. The van der Waals surface area contributed by atoms with Crippen molar-refractivity contribution in [1.82, 2.24) is 10.6 Å². The van der Waals surface area contributed by atoms with Gasteiger partial charge in [-0.25, -0.2) is 0 Å². The molecule has 1 rings (SSSR count). The van der Waals surface area contributed by atoms with E-state index in [0.717, 1.165) is 51.7 Å². The first-order valence-electron chi connectivity index (χ1n) is 7.24. The fourth-order valence-corrected chi connectivity index (χ4v) is 2.74. The van der Waals surface area contributed by atoms with Crippen LogP contribution in [0.2, 0.25) is 0 Å². The lowest BCUT2D eigenvalue weighted by Gasteiger charge is -2.36. The Morgan fingerprint density at radius 1 is 1.18 bits per heavy atom. The van der Waals surface area contributed by atoms with Crippen LogP contribution in [0.15, 0.2) is 0 Å². The van der Waals surface area contributed by atoms with E-state index in [2.05, 4.69) is 24.5 Å². The van der Waals surface area contributed by atoms with Crippen molar-refractivity contribution >= 4 is 5.91 Å². The van der Waals surface area contributed by atoms with Crippen molar-refractivity contribution in [2.75, 3.05) is 19.6 Å². The van der Waals surface area contributed by atoms with Crippen LogP contribution in [0.5, 0.6) is 0 Å². The zero-order valence-corrected chi connectivity index (χ0v) is 11.5. The number of amides is 1. The Morgan fingerprint density at radius 2 is 1.88 bits per heavy atom. The highest BCUT2D eigenvalue weighted by atomic mass is 16.2. The Hall–Kier alpha value is -0.570. The monoisotopic (exact) mass is 240 g/mol. The van der Waals surface area contributed by atoms with Crippen molar-refractivity contribution in [1.29, 1.82) is 0 Å². The Labute approximate surface area is 106 Å². The molecule has 1 amide bonds. The van der Waals surface area contributed by atoms with Gasteiger partial charge in [-0.05, 0) is 38.8 Å². The minimum Gasteiger partial charge on any atom is -0.356 e. The second-order valence-corrected chi connectivity index (χ2v) is 5.24. The van der Waals surface area contributed by atoms with Crippen molar-refractivity contribution in [3.63, 3.8) is 0 Å². The Morgan fingerprint density at radius 3 is 2.47 bits per heavy atom. The van der Waals surface area contributed by atoms with Gasteiger partial charge in [-0.3, -0.25) is 4.79 Å². The van der Waals surface area contributed by atoms with E-state index in [1.807, 2.05) is 0 Å². The van der Waals surface area contributed by atoms with Gasteiger partial charge in [-0.2, -0.15) is 0 Å². The van der Waals surface area contributed by atoms with Crippen molar-refractivity contribution in [2.45, 2.75) is 58.8 Å². The maximum atomic E-state index is 12.3. The fourth-order valence-electron chi connectivity index (χ4n) is 2.74. The van der Waals surface area contributed by atoms with Crippen molar-refractivity contribution in [2.24, 2.45) is 5.41 Å². The molecular formula is C14H28N2O. The van der Waals surface area contributed by atoms with E-state index in [0.29, 0.717) is 5.91 Å². The molecule has 0 aromatic rings. The summed E-state index contributed by atoms with van der Waals surface area (Å²) < 4.78 is 0. The van der Waals surface area contributed by atoms with E-state index in [1.165, 1.54) is 12.8 Å². The molecule has 3 heteroatoms. The lowest BCUT2D eigenvalue weighted by atomic mass is 9.74. The van der Waals surface area contributed by atoms with E-state index in [4.69, 9.17) is 0 Å². The molecule has 0 radical (unpaired) electrons. The first-order chi connectivity index (χ1) is 8.25. The van der Waals surface area contributed by atoms with Crippen LogP contribution >= 0.6 is 0 Å². The number of nitrogens with one attached hydrogen (secondary N) is 2. The van der Waals surface area contributed by atoms with Crippen LogP contribution in [0.1, 0.15) is 58.8 Å². The molecule has 0 spiro atoms. The number of unbranched alkanes of at least 4 members (excludes halogenated alkanes) is 2. The summed E-state index contributed by atoms with van der Waals surface area (Å²) in [6, 6.07) is 0. The molecule has 0 aromatic heterocycles. The molecule has 1 fully saturated rings. The Kier molecular flexibility index (Phi) is 6.56. The smallest absolute Gasteiger partial charge is 0.226 e. The molecule has 1 saturated heterocycles. The number of carbonyl (C=O) groups is 1. The number of hydrogen-bond donors (Lipinski definition) is 2. The summed E-state index contributed by atoms with van der Waals surface area (Å²) in [5.41, 5.74) is -0.0772. The van der Waals surface area contributed by atoms with E-state index in [-0.39, 0.29) is 5.41 Å². The maximum absolute atomic E-state index is 12.3. The van der Waals surface area contributed by atoms with Gasteiger partial charge in [0.1, 0.15) is 0 Å². The molecule has 0 aromatic carbocycles. The molecule has 1 aliphatic rings. The highest BCUT2D eigenvalue weighted by Gasteiger charge is 2.38. The lowest BCUT2D eigenvalue weighted by molar-refractivity contribution is -0.133. The molecular weight excluding hydrogens is 212 g/mol. The maximum Gasteiger partial charge on any atom is 0.226 e. The van der Waals surface area contributed by atoms with Crippen LogP contribution in [0.3, 0.4) is 0 Å². The quantitative estimate of drug-likeness (QED) is 0.671. The molecule has 1 heterocycles. The third kappa shape index (κ3) is 4.30. The van der Waals surface area contributed by atoms with Gasteiger partial charge in [0.25, 0.3) is 0 Å². The van der Waals surface area contributed by atoms with Crippen LogP contribution in [-0.4, -0.2) is 25.5 Å². The number of rotatable bonds is 7. The first-order valence-corrected chi connectivity index (χ1v) is 7.24. The largest absolute Gasteiger partial charge is 0.356 e. The van der Waals surface area contributed by atoms with E-state index >= 15 is 0 Å². The summed E-state index contributed by atoms with van der Waals surface area (Å²) in [5, 5.41) is 6.50. The molecule has 0 saturated carbocycles. The molecule has 0 bridgehead atoms. The van der Waals surface area contributed by atoms with Crippen molar-refractivity contribution in [3.8, 4) is 0 Å². The highest BCUT2D eigenvalue weighted by Crippen LogP contribution is 2.34. The zero-order valence-electron chi connectivity index (χ0n) is 11.5. The average Bonchev–Trinajstić information content (AvgIpc) is 2.36. The van der Waals surface area contributed by atoms with E-state index < -0.39 is 0 Å². The highest BCUT2D eigenvalue weighted by molar-refractivity contribution is 5.82. The summed E-state index contributed by atoms with van der Waals surface area (Å²) in [6.07, 6.45) is 7.67. The number of hydrogen-bond acceptors (Lipinski definition) is 2. The number of piperidine rings is 1. The lowest BCUT2D eigenvalue weighted by Crippen LogP contribution is -2.47. The van der Waals surface area contributed by atoms with Crippen LogP contribution in [0.25, 0.3) is 0 Å². The fraction of sp³-hybridized carbons (Fsp3) is 0.929. The van der Waals surface area contributed by atoms with Crippen molar-refractivity contribution in [3.05, 3.63) is 0 Å². The standard InChI is InChI=1S/C14H28N2O/c1-3-5-6-10-16-13(17)14(7-4-2)8-11-15-12-9-14/h15H,3-12H2,1-2H3,(H,16,17). The van der Waals surface area contributed by atoms with Gasteiger partial charge in [0.2, 0.25) is 5.91 Å². The molecule has 17 heavy (non-hydrogen) atoms. The third-order valence-electron chi connectivity index (χ3n) is 3.84. The average molecular weight is 240 g/mol. The SMILES string of the molecule is CCCCCNC(=O)C1(CCC)CCNCC1. The molecule has 0 unspecified atom stereocenters. The van der Waals surface area contributed by atoms with Gasteiger partial charge >= 0.3 is 0 Å². The summed E-state index contributed by atoms with van der Waals surface area (Å²) in [6.45, 7) is 7.19. The molecule has 100 valence electrons. The zero-order chi connectivity index (χ0) is 12.6. The van der Waals surface area contributed by atoms with Gasteiger partial charge < -0.3 is 10.6 Å². The predicted molar refractivity (Wildman–Crippen MR) is 72.0 cm³/mol. The third-order valence-corrected chi connectivity index (χ3v) is 3.84. The van der Waals surface area contributed by atoms with E-state index in [9.17, 15) is 4.79 Å². The second kappa shape index (κ2) is 7.70. The Balaban J connectivity index is 2.42. The van der Waals surface area contributed by atoms with Crippen LogP contribution in [0, 0.1) is 5.41 Å². The van der Waals surface area contributed by atoms with E-state index in [1.54, 1.807) is 0 Å². The molecule has 2 N–H and O–H groups in total. The topological polar surface area (TPSA) is 41.1 Å². The predicted octanol–water partition coefficient (Wildman–Crippen LogP) is 2.46. The molecule has 0 atom stereocenters. The van der Waals surface area contributed by atoms with Gasteiger partial charge in [0.05, 0.1) is 5.41 Å². The first kappa shape index (κ1) is 14.5. The molecule has 1 aliphatic heterocycles. The summed E-state index contributed by atoms with van der Waals surface area (Å²) in [7, 11) is 0. The molecule has 3 nitrogen and oxygen atoms in total. The van der Waals surface area contributed by atoms with Gasteiger partial charge in [0.15, 0.2) is 0 Å². The minimum absolute atomic E-state index is 0.0772. The van der Waals surface area contributed by atoms with Crippen LogP contribution in [0.4, 0.5) is 0 Å². The minimum atomic E-state index is -0.0772. The number of carbonyl (C=O) groups excluding carboxylic acids is 1. The van der Waals surface area contributed by atoms with Crippen molar-refractivity contribution < 1.29 is 4.79 Å². The Bertz CT molecular complexity index is 217. The summed E-state index contributed by atoms with van der Waals surface area (Å²) in [5.74, 6) is 0.303. The van der Waals surface area contributed by atoms with Gasteiger partial charge in [0, 0.05) is 6.54 Å². The van der Waals surface area contributed by atoms with Gasteiger partial charge in [-0.1, -0.05) is 33.1 Å². The summed E-state index contributed by atoms with van der Waals surface area (Å²) in [4.78, 5) is 12.3. The summed E-state index contributed by atoms with van der Waals surface area (Å²) >= 11 is 0. The van der Waals surface area contributed by atoms with Crippen LogP contribution in [-0.2, 0) is 4.79 Å². The normalized spacial score (nSPS) is 18.9.